The van der Waals surface area contributed by atoms with Crippen molar-refractivity contribution in [1.29, 1.82) is 0 Å². The number of hydrogen-bond donors (Lipinski definition) is 0. The molecule has 0 spiro atoms. The van der Waals surface area contributed by atoms with Crippen molar-refractivity contribution >= 4 is 47.8 Å². The number of halogens is 3. The van der Waals surface area contributed by atoms with Crippen LogP contribution in [0.25, 0.3) is 51.2 Å². The molecule has 204 valence electrons. The van der Waals surface area contributed by atoms with Gasteiger partial charge < -0.3 is 0 Å². The zero-order valence-corrected chi connectivity index (χ0v) is 25.9. The Morgan fingerprint density at radius 3 is 0.905 bits per heavy atom. The van der Waals surface area contributed by atoms with Crippen molar-refractivity contribution in [1.82, 2.24) is 60.6 Å². The van der Waals surface area contributed by atoms with Crippen molar-refractivity contribution in [3.8, 4) is 51.2 Å². The van der Waals surface area contributed by atoms with Gasteiger partial charge in [0.15, 0.2) is 17.5 Å². The maximum absolute atomic E-state index is 4.37. The summed E-state index contributed by atoms with van der Waals surface area (Å²) in [5.41, 5.74) is 4.53. The lowest BCUT2D eigenvalue weighted by Crippen LogP contribution is -2.03. The first-order valence-corrected chi connectivity index (χ1v) is 14.7. The van der Waals surface area contributed by atoms with Gasteiger partial charge in [-0.2, -0.15) is 14.0 Å². The van der Waals surface area contributed by atoms with Crippen LogP contribution in [0, 0.1) is 0 Å². The van der Waals surface area contributed by atoms with E-state index in [-0.39, 0.29) is 0 Å². The molecule has 7 aromatic rings. The van der Waals surface area contributed by atoms with E-state index in [0.29, 0.717) is 34.2 Å². The topological polar surface area (TPSA) is 131 Å². The minimum atomic E-state index is 0.519. The average molecular weight is 747 g/mol. The van der Waals surface area contributed by atoms with Gasteiger partial charge in [0.1, 0.15) is 0 Å². The molecule has 0 aliphatic rings. The van der Waals surface area contributed by atoms with E-state index in [4.69, 9.17) is 0 Å². The van der Waals surface area contributed by atoms with E-state index >= 15 is 0 Å². The first kappa shape index (κ1) is 26.4. The average Bonchev–Trinajstić information content (AvgIpc) is 3.79. The molecule has 0 fully saturated rings. The van der Waals surface area contributed by atoms with Crippen LogP contribution < -0.4 is 0 Å². The quantitative estimate of drug-likeness (QED) is 0.204. The standard InChI is InChI=1S/C27H15Br3N12/c28-19-1-7-22(8-2-19)40-25(31-34-37-40)16-13-17(26-32-35-38-41(26)23-9-3-20(29)4-10-23)15-18(14-16)27-33-36-39-42(27)24-11-5-21(30)6-12-24/h1-15H. The normalized spacial score (nSPS) is 11.2. The molecule has 0 amide bonds. The molecule has 12 nitrogen and oxygen atoms in total. The van der Waals surface area contributed by atoms with Gasteiger partial charge in [-0.1, -0.05) is 47.8 Å². The van der Waals surface area contributed by atoms with Gasteiger partial charge in [-0.15, -0.1) is 15.3 Å². The first-order chi connectivity index (χ1) is 20.5. The van der Waals surface area contributed by atoms with Gasteiger partial charge in [-0.25, -0.2) is 0 Å². The molecular weight excluding hydrogens is 732 g/mol. The molecule has 0 bridgehead atoms. The van der Waals surface area contributed by atoms with Crippen LogP contribution in [0.2, 0.25) is 0 Å². The van der Waals surface area contributed by atoms with E-state index < -0.39 is 0 Å². The third-order valence-electron chi connectivity index (χ3n) is 6.33. The lowest BCUT2D eigenvalue weighted by molar-refractivity contribution is 0.790. The molecule has 42 heavy (non-hydrogen) atoms. The van der Waals surface area contributed by atoms with Crippen molar-refractivity contribution in [2.45, 2.75) is 0 Å². The number of hydrogen-bond acceptors (Lipinski definition) is 9. The van der Waals surface area contributed by atoms with Crippen molar-refractivity contribution < 1.29 is 0 Å². The smallest absolute Gasteiger partial charge is 0.187 e. The second-order valence-electron chi connectivity index (χ2n) is 8.97. The van der Waals surface area contributed by atoms with Crippen molar-refractivity contribution in [3.63, 3.8) is 0 Å². The molecular formula is C27H15Br3N12. The van der Waals surface area contributed by atoms with Crippen LogP contribution in [0.15, 0.2) is 104 Å². The Kier molecular flexibility index (Phi) is 6.97. The third-order valence-corrected chi connectivity index (χ3v) is 7.92. The molecule has 15 heteroatoms. The summed E-state index contributed by atoms with van der Waals surface area (Å²) < 4.78 is 7.86. The van der Waals surface area contributed by atoms with E-state index in [9.17, 15) is 0 Å². The minimum absolute atomic E-state index is 0.519. The molecule has 0 unspecified atom stereocenters. The summed E-state index contributed by atoms with van der Waals surface area (Å²) in [5.74, 6) is 1.56. The molecule has 3 heterocycles. The van der Waals surface area contributed by atoms with Gasteiger partial charge in [-0.05, 0) is 122 Å². The van der Waals surface area contributed by atoms with Crippen LogP contribution in [0.4, 0.5) is 0 Å². The van der Waals surface area contributed by atoms with Gasteiger partial charge in [-0.3, -0.25) is 0 Å². The summed E-state index contributed by atoms with van der Waals surface area (Å²) in [6, 6.07) is 29.0. The van der Waals surface area contributed by atoms with Crippen LogP contribution >= 0.6 is 47.8 Å². The Labute approximate surface area is 262 Å². The second-order valence-corrected chi connectivity index (χ2v) is 11.7. The summed E-state index contributed by atoms with van der Waals surface area (Å²) in [6.07, 6.45) is 0. The molecule has 0 N–H and O–H groups in total. The zero-order valence-electron chi connectivity index (χ0n) is 21.2. The summed E-state index contributed by atoms with van der Waals surface area (Å²) in [5, 5.41) is 37.9. The van der Waals surface area contributed by atoms with E-state index in [0.717, 1.165) is 30.5 Å². The summed E-state index contributed by atoms with van der Waals surface area (Å²) in [6.45, 7) is 0. The third kappa shape index (κ3) is 5.06. The molecule has 0 aliphatic carbocycles. The number of rotatable bonds is 6. The summed E-state index contributed by atoms with van der Waals surface area (Å²) in [7, 11) is 0. The Morgan fingerprint density at radius 1 is 0.381 bits per heavy atom. The van der Waals surface area contributed by atoms with Crippen molar-refractivity contribution in [3.05, 3.63) is 104 Å². The lowest BCUT2D eigenvalue weighted by atomic mass is 10.0. The van der Waals surface area contributed by atoms with Crippen LogP contribution in [0.5, 0.6) is 0 Å². The molecule has 3 aromatic heterocycles. The van der Waals surface area contributed by atoms with E-state index in [1.54, 1.807) is 14.0 Å². The van der Waals surface area contributed by atoms with Crippen LogP contribution in [-0.4, -0.2) is 60.6 Å². The van der Waals surface area contributed by atoms with Crippen molar-refractivity contribution in [2.24, 2.45) is 0 Å². The zero-order chi connectivity index (χ0) is 28.6. The van der Waals surface area contributed by atoms with Gasteiger partial charge in [0.2, 0.25) is 0 Å². The Hall–Kier alpha value is -4.47. The number of nitrogens with zero attached hydrogens (tertiary/aromatic N) is 12. The highest BCUT2D eigenvalue weighted by molar-refractivity contribution is 9.11. The minimum Gasteiger partial charge on any atom is -0.193 e. The second kappa shape index (κ2) is 11.1. The molecule has 4 aromatic carbocycles. The van der Waals surface area contributed by atoms with Crippen LogP contribution in [0.3, 0.4) is 0 Å². The fraction of sp³-hybridized carbons (Fsp3) is 0. The van der Waals surface area contributed by atoms with E-state index in [1.807, 2.05) is 91.0 Å². The molecule has 0 atom stereocenters. The fourth-order valence-corrected chi connectivity index (χ4v) is 5.18. The summed E-state index contributed by atoms with van der Waals surface area (Å²) >= 11 is 10.5. The molecule has 7 rings (SSSR count). The number of tetrazole rings is 3. The van der Waals surface area contributed by atoms with Gasteiger partial charge in [0, 0.05) is 30.1 Å². The summed E-state index contributed by atoms with van der Waals surface area (Å²) in [4.78, 5) is 0. The first-order valence-electron chi connectivity index (χ1n) is 12.3. The molecule has 0 saturated heterocycles. The molecule has 0 radical (unpaired) electrons. The number of benzene rings is 4. The largest absolute Gasteiger partial charge is 0.193 e. The highest BCUT2D eigenvalue weighted by atomic mass is 79.9. The van der Waals surface area contributed by atoms with Crippen molar-refractivity contribution in [2.75, 3.05) is 0 Å². The maximum atomic E-state index is 4.37. The van der Waals surface area contributed by atoms with Crippen LogP contribution in [-0.2, 0) is 0 Å². The van der Waals surface area contributed by atoms with Gasteiger partial charge >= 0.3 is 0 Å². The van der Waals surface area contributed by atoms with E-state index in [1.165, 1.54) is 0 Å². The lowest BCUT2D eigenvalue weighted by Gasteiger charge is -2.11. The SMILES string of the molecule is Brc1ccc(-n2nnnc2-c2cc(-c3nnnn3-c3ccc(Br)cc3)cc(-c3nnnn3-c3ccc(Br)cc3)c2)cc1. The van der Waals surface area contributed by atoms with Gasteiger partial charge in [0.25, 0.3) is 0 Å². The van der Waals surface area contributed by atoms with E-state index in [2.05, 4.69) is 94.4 Å². The fourth-order valence-electron chi connectivity index (χ4n) is 4.38. The monoisotopic (exact) mass is 744 g/mol. The molecule has 0 aliphatic heterocycles. The van der Waals surface area contributed by atoms with Gasteiger partial charge in [0.05, 0.1) is 17.1 Å². The Morgan fingerprint density at radius 2 is 0.643 bits per heavy atom. The Balaban J connectivity index is 1.43. The maximum Gasteiger partial charge on any atom is 0.187 e. The predicted molar refractivity (Wildman–Crippen MR) is 164 cm³/mol. The highest BCUT2D eigenvalue weighted by Crippen LogP contribution is 2.33. The number of aromatic nitrogens is 12. The highest BCUT2D eigenvalue weighted by Gasteiger charge is 2.20. The predicted octanol–water partition coefficient (Wildman–Crippen LogP) is 5.90. The van der Waals surface area contributed by atoms with Crippen LogP contribution in [0.1, 0.15) is 0 Å². The Bertz CT molecular complexity index is 1770. The molecule has 0 saturated carbocycles.